The van der Waals surface area contributed by atoms with Crippen LogP contribution in [0.5, 0.6) is 11.5 Å². The van der Waals surface area contributed by atoms with Crippen molar-refractivity contribution in [2.45, 2.75) is 29.9 Å². The molecule has 2 aliphatic heterocycles. The average molecular weight is 696 g/mol. The highest BCUT2D eigenvalue weighted by Gasteiger charge is 2.36. The zero-order valence-electron chi connectivity index (χ0n) is 25.9. The second-order valence-electron chi connectivity index (χ2n) is 10.8. The summed E-state index contributed by atoms with van der Waals surface area (Å²) in [4.78, 5) is 63.7. The number of nitro groups is 1. The standard InChI is InChI=1S/C34H25N5O8S2/c1-3-45-32(42)28-29(20-7-5-4-6-8-20)37-34-38(30(28)21-10-11-23-24(16-21)47-17-46-23)31(41)26(49-34)15-19-9-12-25(22(14-19)39(43)44)48-33-35-18(2)13-27(40)36-33/h4-16,30H,3,17H2,1-2H3,(H,35,36,40)/b26-15+/t30-/m0/s1. The van der Waals surface area contributed by atoms with Gasteiger partial charge in [0.05, 0.1) is 38.3 Å². The monoisotopic (exact) mass is 695 g/mol. The van der Waals surface area contributed by atoms with Crippen LogP contribution in [-0.4, -0.2) is 38.8 Å². The third-order valence-corrected chi connectivity index (χ3v) is 9.55. The number of hydrogen-bond donors (Lipinski definition) is 1. The Morgan fingerprint density at radius 2 is 1.92 bits per heavy atom. The van der Waals surface area contributed by atoms with Gasteiger partial charge in [-0.15, -0.1) is 0 Å². The molecule has 4 heterocycles. The van der Waals surface area contributed by atoms with E-state index in [9.17, 15) is 24.5 Å². The van der Waals surface area contributed by atoms with E-state index in [-0.39, 0.29) is 44.8 Å². The lowest BCUT2D eigenvalue weighted by Crippen LogP contribution is -2.40. The predicted molar refractivity (Wildman–Crippen MR) is 180 cm³/mol. The molecule has 246 valence electrons. The van der Waals surface area contributed by atoms with Crippen LogP contribution in [0.25, 0.3) is 11.8 Å². The second kappa shape index (κ2) is 13.0. The molecule has 0 radical (unpaired) electrons. The fourth-order valence-electron chi connectivity index (χ4n) is 5.55. The lowest BCUT2D eigenvalue weighted by molar-refractivity contribution is -0.387. The molecule has 13 nitrogen and oxygen atoms in total. The number of rotatable bonds is 8. The Morgan fingerprint density at radius 1 is 1.12 bits per heavy atom. The van der Waals surface area contributed by atoms with Crippen LogP contribution >= 0.6 is 23.1 Å². The molecule has 0 aliphatic carbocycles. The summed E-state index contributed by atoms with van der Waals surface area (Å²) in [5.41, 5.74) is 1.56. The summed E-state index contributed by atoms with van der Waals surface area (Å²) < 4.78 is 18.3. The Hall–Kier alpha value is -5.80. The van der Waals surface area contributed by atoms with E-state index in [1.54, 1.807) is 44.2 Å². The van der Waals surface area contributed by atoms with Gasteiger partial charge in [0.1, 0.15) is 0 Å². The topological polar surface area (TPSA) is 168 Å². The van der Waals surface area contributed by atoms with Crippen LogP contribution in [-0.2, 0) is 9.53 Å². The molecule has 49 heavy (non-hydrogen) atoms. The van der Waals surface area contributed by atoms with E-state index in [1.807, 2.05) is 30.3 Å². The Bertz CT molecular complexity index is 2440. The molecular formula is C34H25N5O8S2. The molecule has 3 aromatic carbocycles. The second-order valence-corrected chi connectivity index (χ2v) is 12.9. The predicted octanol–water partition coefficient (Wildman–Crippen LogP) is 4.12. The fraction of sp³-hybridized carbons (Fsp3) is 0.147. The molecular weight excluding hydrogens is 671 g/mol. The number of benzene rings is 3. The first kappa shape index (κ1) is 31.8. The molecule has 0 bridgehead atoms. The SMILES string of the molecule is CCOC(=O)C1=C(c2ccccc2)N=c2s/c(=C/c3ccc(Sc4nc(C)cc(=O)[nH]4)c([N+](=O)[O-])c3)c(=O)n2[C@H]1c1ccc2c(c1)OCO2. The van der Waals surface area contributed by atoms with Crippen LogP contribution in [0, 0.1) is 17.0 Å². The Kier molecular flexibility index (Phi) is 8.44. The first-order chi connectivity index (χ1) is 23.7. The Balaban J connectivity index is 1.40. The van der Waals surface area contributed by atoms with Crippen molar-refractivity contribution in [1.82, 2.24) is 14.5 Å². The maximum absolute atomic E-state index is 14.3. The molecule has 1 atom stereocenters. The molecule has 0 spiro atoms. The van der Waals surface area contributed by atoms with Crippen LogP contribution in [0.3, 0.4) is 0 Å². The maximum Gasteiger partial charge on any atom is 0.338 e. The van der Waals surface area contributed by atoms with Crippen LogP contribution in [0.1, 0.15) is 35.3 Å². The van der Waals surface area contributed by atoms with Crippen LogP contribution < -0.4 is 29.9 Å². The summed E-state index contributed by atoms with van der Waals surface area (Å²) in [5.74, 6) is 0.375. The number of aryl methyl sites for hydroxylation is 1. The third kappa shape index (κ3) is 6.16. The highest BCUT2D eigenvalue weighted by molar-refractivity contribution is 7.99. The smallest absolute Gasteiger partial charge is 0.338 e. The minimum absolute atomic E-state index is 0.0419. The molecule has 0 amide bonds. The van der Waals surface area contributed by atoms with E-state index >= 15 is 0 Å². The first-order valence-electron chi connectivity index (χ1n) is 14.9. The molecule has 1 N–H and O–H groups in total. The van der Waals surface area contributed by atoms with Crippen molar-refractivity contribution in [1.29, 1.82) is 0 Å². The van der Waals surface area contributed by atoms with Gasteiger partial charge in [-0.3, -0.25) is 24.3 Å². The van der Waals surface area contributed by atoms with Gasteiger partial charge < -0.3 is 19.2 Å². The van der Waals surface area contributed by atoms with Crippen LogP contribution in [0.15, 0.2) is 103 Å². The number of thiazole rings is 1. The normalized spacial score (nSPS) is 15.1. The summed E-state index contributed by atoms with van der Waals surface area (Å²) in [6.07, 6.45) is 1.55. The summed E-state index contributed by atoms with van der Waals surface area (Å²) in [7, 11) is 0. The van der Waals surface area contributed by atoms with Crippen molar-refractivity contribution in [3.05, 3.63) is 141 Å². The van der Waals surface area contributed by atoms with Crippen molar-refractivity contribution >= 4 is 46.5 Å². The van der Waals surface area contributed by atoms with Gasteiger partial charge >= 0.3 is 5.97 Å². The number of aromatic amines is 1. The van der Waals surface area contributed by atoms with Crippen molar-refractivity contribution in [2.75, 3.05) is 13.4 Å². The number of nitrogens with zero attached hydrogens (tertiary/aromatic N) is 4. The van der Waals surface area contributed by atoms with Gasteiger partial charge in [0.25, 0.3) is 16.8 Å². The Labute approximate surface area is 285 Å². The first-order valence-corrected chi connectivity index (χ1v) is 16.6. The van der Waals surface area contributed by atoms with Crippen molar-refractivity contribution < 1.29 is 23.9 Å². The third-order valence-electron chi connectivity index (χ3n) is 7.62. The highest BCUT2D eigenvalue weighted by atomic mass is 32.2. The van der Waals surface area contributed by atoms with E-state index in [0.717, 1.165) is 23.1 Å². The van der Waals surface area contributed by atoms with Gasteiger partial charge in [-0.05, 0) is 61.0 Å². The summed E-state index contributed by atoms with van der Waals surface area (Å²) in [6, 6.07) is 19.3. The molecule has 0 saturated carbocycles. The van der Waals surface area contributed by atoms with E-state index in [0.29, 0.717) is 44.4 Å². The average Bonchev–Trinajstić information content (AvgIpc) is 3.68. The molecule has 2 aromatic heterocycles. The summed E-state index contributed by atoms with van der Waals surface area (Å²) >= 11 is 2.05. The van der Waals surface area contributed by atoms with Crippen LogP contribution in [0.2, 0.25) is 0 Å². The minimum Gasteiger partial charge on any atom is -0.463 e. The van der Waals surface area contributed by atoms with Gasteiger partial charge in [0.15, 0.2) is 21.5 Å². The zero-order chi connectivity index (χ0) is 34.2. The summed E-state index contributed by atoms with van der Waals surface area (Å²) in [5, 5.41) is 12.3. The van der Waals surface area contributed by atoms with E-state index in [1.165, 1.54) is 22.8 Å². The minimum atomic E-state index is -0.945. The molecule has 15 heteroatoms. The van der Waals surface area contributed by atoms with Gasteiger partial charge in [-0.1, -0.05) is 53.8 Å². The Morgan fingerprint density at radius 3 is 2.67 bits per heavy atom. The maximum atomic E-state index is 14.3. The van der Waals surface area contributed by atoms with Crippen molar-refractivity contribution in [3.8, 4) is 11.5 Å². The number of carbonyl (C=O) groups excluding carboxylic acids is 1. The quantitative estimate of drug-likeness (QED) is 0.108. The lowest BCUT2D eigenvalue weighted by Gasteiger charge is -2.26. The molecule has 0 saturated heterocycles. The molecule has 5 aromatic rings. The largest absolute Gasteiger partial charge is 0.463 e. The molecule has 2 aliphatic rings. The van der Waals surface area contributed by atoms with E-state index in [2.05, 4.69) is 9.97 Å². The van der Waals surface area contributed by atoms with E-state index in [4.69, 9.17) is 19.2 Å². The lowest BCUT2D eigenvalue weighted by atomic mass is 9.93. The number of H-pyrrole nitrogens is 1. The fourth-order valence-corrected chi connectivity index (χ4v) is 7.47. The van der Waals surface area contributed by atoms with Crippen LogP contribution in [0.4, 0.5) is 5.69 Å². The number of hydrogen-bond acceptors (Lipinski definition) is 12. The summed E-state index contributed by atoms with van der Waals surface area (Å²) in [6.45, 7) is 3.50. The molecule has 7 rings (SSSR count). The van der Waals surface area contributed by atoms with Gasteiger partial charge in [-0.25, -0.2) is 14.8 Å². The van der Waals surface area contributed by atoms with Crippen molar-refractivity contribution in [2.24, 2.45) is 4.99 Å². The van der Waals surface area contributed by atoms with Gasteiger partial charge in [-0.2, -0.15) is 0 Å². The van der Waals surface area contributed by atoms with Gasteiger partial charge in [0, 0.05) is 23.4 Å². The van der Waals surface area contributed by atoms with E-state index < -0.39 is 22.5 Å². The number of nitro benzene ring substituents is 1. The number of esters is 1. The molecule has 0 fully saturated rings. The number of carbonyl (C=O) groups is 1. The highest BCUT2D eigenvalue weighted by Crippen LogP contribution is 2.40. The zero-order valence-corrected chi connectivity index (χ0v) is 27.5. The number of nitrogens with one attached hydrogen (secondary N) is 1. The van der Waals surface area contributed by atoms with Gasteiger partial charge in [0.2, 0.25) is 6.79 Å². The van der Waals surface area contributed by atoms with Crippen molar-refractivity contribution in [3.63, 3.8) is 0 Å². The number of fused-ring (bicyclic) bond motifs is 2. The molecule has 0 unspecified atom stereocenters. The number of ether oxygens (including phenoxy) is 3. The number of aromatic nitrogens is 3.